The first-order chi connectivity index (χ1) is 9.66. The van der Waals surface area contributed by atoms with Gasteiger partial charge < -0.3 is 9.88 Å². The van der Waals surface area contributed by atoms with Gasteiger partial charge in [0.15, 0.2) is 0 Å². The molecule has 0 aliphatic heterocycles. The van der Waals surface area contributed by atoms with Gasteiger partial charge in [0.25, 0.3) is 0 Å². The first-order valence-corrected chi connectivity index (χ1v) is 6.25. The molecule has 1 aromatic carbocycles. The first kappa shape index (κ1) is 15.5. The van der Waals surface area contributed by atoms with Crippen LogP contribution in [0.15, 0.2) is 30.7 Å². The Hall–Kier alpha value is -1.89. The molecule has 0 amide bonds. The van der Waals surface area contributed by atoms with E-state index in [2.05, 4.69) is 10.3 Å². The van der Waals surface area contributed by atoms with E-state index in [0.717, 1.165) is 12.1 Å². The number of imidazole rings is 1. The molecule has 0 saturated heterocycles. The molecule has 21 heavy (non-hydrogen) atoms. The van der Waals surface area contributed by atoms with Gasteiger partial charge in [-0.15, -0.1) is 0 Å². The van der Waals surface area contributed by atoms with E-state index in [0.29, 0.717) is 5.69 Å². The topological polar surface area (TPSA) is 29.9 Å². The van der Waals surface area contributed by atoms with Crippen molar-refractivity contribution in [1.29, 1.82) is 0 Å². The molecule has 0 atom stereocenters. The van der Waals surface area contributed by atoms with E-state index in [4.69, 9.17) is 0 Å². The standard InChI is InChI=1S/C14H15F4N3/c1-13(2,19-3)12-7-20-8-21(12)9-4-5-11(15)10(6-9)14(16,17)18/h4-8,19H,1-3H3. The van der Waals surface area contributed by atoms with E-state index >= 15 is 0 Å². The fourth-order valence-electron chi connectivity index (χ4n) is 1.97. The van der Waals surface area contributed by atoms with Gasteiger partial charge in [-0.1, -0.05) is 0 Å². The Morgan fingerprint density at radius 1 is 1.19 bits per heavy atom. The van der Waals surface area contributed by atoms with Crippen molar-refractivity contribution in [2.24, 2.45) is 0 Å². The number of hydrogen-bond acceptors (Lipinski definition) is 2. The minimum Gasteiger partial charge on any atom is -0.310 e. The van der Waals surface area contributed by atoms with Crippen LogP contribution in [0.4, 0.5) is 17.6 Å². The van der Waals surface area contributed by atoms with Crippen molar-refractivity contribution in [1.82, 2.24) is 14.9 Å². The molecule has 2 aromatic rings. The second-order valence-electron chi connectivity index (χ2n) is 5.19. The molecule has 0 radical (unpaired) electrons. The SMILES string of the molecule is CNC(C)(C)c1cncn1-c1ccc(F)c(C(F)(F)F)c1. The molecule has 1 N–H and O–H groups in total. The third kappa shape index (κ3) is 2.92. The van der Waals surface area contributed by atoms with E-state index in [1.807, 2.05) is 13.8 Å². The average Bonchev–Trinajstić information content (AvgIpc) is 2.88. The Labute approximate surface area is 119 Å². The summed E-state index contributed by atoms with van der Waals surface area (Å²) >= 11 is 0. The number of halogens is 4. The Balaban J connectivity index is 2.57. The van der Waals surface area contributed by atoms with Crippen LogP contribution in [-0.2, 0) is 11.7 Å². The molecule has 0 unspecified atom stereocenters. The lowest BCUT2D eigenvalue weighted by Gasteiger charge is -2.25. The van der Waals surface area contributed by atoms with Gasteiger partial charge >= 0.3 is 6.18 Å². The van der Waals surface area contributed by atoms with Gasteiger partial charge in [0, 0.05) is 5.69 Å². The zero-order valence-electron chi connectivity index (χ0n) is 11.8. The molecule has 0 fully saturated rings. The first-order valence-electron chi connectivity index (χ1n) is 6.25. The lowest BCUT2D eigenvalue weighted by atomic mass is 10.0. The van der Waals surface area contributed by atoms with Crippen molar-refractivity contribution in [2.45, 2.75) is 25.6 Å². The molecular formula is C14H15F4N3. The predicted octanol–water partition coefficient (Wildman–Crippen LogP) is 3.48. The van der Waals surface area contributed by atoms with Gasteiger partial charge in [0.1, 0.15) is 5.82 Å². The van der Waals surface area contributed by atoms with E-state index in [9.17, 15) is 17.6 Å². The van der Waals surface area contributed by atoms with Crippen molar-refractivity contribution in [3.05, 3.63) is 47.8 Å². The molecule has 1 aromatic heterocycles. The number of rotatable bonds is 3. The van der Waals surface area contributed by atoms with Crippen LogP contribution in [-0.4, -0.2) is 16.6 Å². The van der Waals surface area contributed by atoms with E-state index in [1.165, 1.54) is 17.0 Å². The smallest absolute Gasteiger partial charge is 0.310 e. The molecule has 0 bridgehead atoms. The maximum Gasteiger partial charge on any atom is 0.419 e. The lowest BCUT2D eigenvalue weighted by Crippen LogP contribution is -2.35. The quantitative estimate of drug-likeness (QED) is 0.880. The number of hydrogen-bond donors (Lipinski definition) is 1. The van der Waals surface area contributed by atoms with Gasteiger partial charge in [-0.25, -0.2) is 9.37 Å². The summed E-state index contributed by atoms with van der Waals surface area (Å²) in [6, 6.07) is 2.89. The van der Waals surface area contributed by atoms with Crippen molar-refractivity contribution < 1.29 is 17.6 Å². The Morgan fingerprint density at radius 2 is 1.86 bits per heavy atom. The van der Waals surface area contributed by atoms with Crippen molar-refractivity contribution >= 4 is 0 Å². The molecule has 0 saturated carbocycles. The zero-order valence-corrected chi connectivity index (χ0v) is 11.8. The molecule has 0 spiro atoms. The molecule has 7 heteroatoms. The Bertz CT molecular complexity index is 644. The van der Waals surface area contributed by atoms with Gasteiger partial charge in [0.05, 0.1) is 29.3 Å². The largest absolute Gasteiger partial charge is 0.419 e. The second-order valence-corrected chi connectivity index (χ2v) is 5.19. The summed E-state index contributed by atoms with van der Waals surface area (Å²) < 4.78 is 53.2. The van der Waals surface area contributed by atoms with Crippen molar-refractivity contribution in [2.75, 3.05) is 7.05 Å². The number of alkyl halides is 3. The summed E-state index contributed by atoms with van der Waals surface area (Å²) in [7, 11) is 1.74. The number of nitrogens with one attached hydrogen (secondary N) is 1. The summed E-state index contributed by atoms with van der Waals surface area (Å²) in [5.74, 6) is -1.29. The van der Waals surface area contributed by atoms with Crippen LogP contribution in [0.5, 0.6) is 0 Å². The normalized spacial score (nSPS) is 12.7. The summed E-state index contributed by atoms with van der Waals surface area (Å²) in [6.45, 7) is 3.74. The van der Waals surface area contributed by atoms with Crippen LogP contribution in [0.3, 0.4) is 0 Å². The highest BCUT2D eigenvalue weighted by molar-refractivity contribution is 5.40. The lowest BCUT2D eigenvalue weighted by molar-refractivity contribution is -0.140. The highest BCUT2D eigenvalue weighted by atomic mass is 19.4. The highest BCUT2D eigenvalue weighted by Gasteiger charge is 2.34. The van der Waals surface area contributed by atoms with Gasteiger partial charge in [0.2, 0.25) is 0 Å². The van der Waals surface area contributed by atoms with Crippen LogP contribution < -0.4 is 5.32 Å². The fraction of sp³-hybridized carbons (Fsp3) is 0.357. The third-order valence-electron chi connectivity index (χ3n) is 3.44. The van der Waals surface area contributed by atoms with E-state index < -0.39 is 23.1 Å². The Morgan fingerprint density at radius 3 is 2.43 bits per heavy atom. The maximum absolute atomic E-state index is 13.4. The molecule has 1 heterocycles. The van der Waals surface area contributed by atoms with Crippen LogP contribution in [0.1, 0.15) is 25.1 Å². The molecule has 0 aliphatic carbocycles. The van der Waals surface area contributed by atoms with E-state index in [-0.39, 0.29) is 5.69 Å². The van der Waals surface area contributed by atoms with Crippen LogP contribution in [0.2, 0.25) is 0 Å². The molecule has 2 rings (SSSR count). The van der Waals surface area contributed by atoms with Gasteiger partial charge in [-0.2, -0.15) is 13.2 Å². The van der Waals surface area contributed by atoms with Crippen molar-refractivity contribution in [3.8, 4) is 5.69 Å². The monoisotopic (exact) mass is 301 g/mol. The van der Waals surface area contributed by atoms with Gasteiger partial charge in [-0.3, -0.25) is 0 Å². The minimum atomic E-state index is -4.74. The summed E-state index contributed by atoms with van der Waals surface area (Å²) in [5, 5.41) is 3.05. The molecule has 0 aliphatic rings. The number of benzene rings is 1. The van der Waals surface area contributed by atoms with Crippen molar-refractivity contribution in [3.63, 3.8) is 0 Å². The fourth-order valence-corrected chi connectivity index (χ4v) is 1.97. The van der Waals surface area contributed by atoms with Gasteiger partial charge in [-0.05, 0) is 39.1 Å². The van der Waals surface area contributed by atoms with E-state index in [1.54, 1.807) is 13.2 Å². The summed E-state index contributed by atoms with van der Waals surface area (Å²) in [6.07, 6.45) is -1.77. The highest BCUT2D eigenvalue weighted by Crippen LogP contribution is 2.33. The molecular weight excluding hydrogens is 286 g/mol. The Kier molecular flexibility index (Phi) is 3.79. The summed E-state index contributed by atoms with van der Waals surface area (Å²) in [5.41, 5.74) is -0.908. The summed E-state index contributed by atoms with van der Waals surface area (Å²) in [4.78, 5) is 3.97. The van der Waals surface area contributed by atoms with Crippen LogP contribution in [0.25, 0.3) is 5.69 Å². The molecule has 114 valence electrons. The number of aromatic nitrogens is 2. The van der Waals surface area contributed by atoms with Crippen LogP contribution >= 0.6 is 0 Å². The van der Waals surface area contributed by atoms with Crippen LogP contribution in [0, 0.1) is 5.82 Å². The zero-order chi connectivity index (χ0) is 15.8. The predicted molar refractivity (Wildman–Crippen MR) is 70.6 cm³/mol. The molecule has 3 nitrogen and oxygen atoms in total. The second kappa shape index (κ2) is 5.14. The minimum absolute atomic E-state index is 0.208. The number of nitrogens with zero attached hydrogens (tertiary/aromatic N) is 2. The maximum atomic E-state index is 13.4. The third-order valence-corrected chi connectivity index (χ3v) is 3.44. The average molecular weight is 301 g/mol.